The lowest BCUT2D eigenvalue weighted by atomic mass is 10.0. The SMILES string of the molecule is O=C(NC1CCCC1)C1CCCN1C(=O)c1cccc(-c2cccnc2)c1. The molecule has 1 aromatic carbocycles. The van der Waals surface area contributed by atoms with Crippen LogP contribution >= 0.6 is 0 Å². The second-order valence-corrected chi connectivity index (χ2v) is 7.47. The molecule has 27 heavy (non-hydrogen) atoms. The summed E-state index contributed by atoms with van der Waals surface area (Å²) in [4.78, 5) is 31.7. The van der Waals surface area contributed by atoms with E-state index in [1.54, 1.807) is 17.3 Å². The number of likely N-dealkylation sites (tertiary alicyclic amines) is 1. The van der Waals surface area contributed by atoms with E-state index in [1.165, 1.54) is 12.8 Å². The molecule has 5 nitrogen and oxygen atoms in total. The van der Waals surface area contributed by atoms with Crippen molar-refractivity contribution in [3.8, 4) is 11.1 Å². The molecule has 2 aromatic rings. The zero-order valence-corrected chi connectivity index (χ0v) is 15.4. The Morgan fingerprint density at radius 2 is 1.81 bits per heavy atom. The Morgan fingerprint density at radius 3 is 2.59 bits per heavy atom. The van der Waals surface area contributed by atoms with Crippen LogP contribution in [0, 0.1) is 0 Å². The molecule has 4 rings (SSSR count). The average molecular weight is 363 g/mol. The Balaban J connectivity index is 1.50. The third-order valence-electron chi connectivity index (χ3n) is 5.62. The van der Waals surface area contributed by atoms with Crippen LogP contribution in [-0.2, 0) is 4.79 Å². The van der Waals surface area contributed by atoms with Gasteiger partial charge in [0.15, 0.2) is 0 Å². The number of nitrogens with zero attached hydrogens (tertiary/aromatic N) is 2. The highest BCUT2D eigenvalue weighted by molar-refractivity contribution is 5.98. The molecule has 5 heteroatoms. The third-order valence-corrected chi connectivity index (χ3v) is 5.62. The van der Waals surface area contributed by atoms with Crippen molar-refractivity contribution in [1.82, 2.24) is 15.2 Å². The molecule has 0 bridgehead atoms. The molecule has 2 fully saturated rings. The van der Waals surface area contributed by atoms with Crippen molar-refractivity contribution in [3.05, 3.63) is 54.4 Å². The Kier molecular flexibility index (Phi) is 5.19. The van der Waals surface area contributed by atoms with Crippen molar-refractivity contribution in [2.24, 2.45) is 0 Å². The quantitative estimate of drug-likeness (QED) is 0.905. The lowest BCUT2D eigenvalue weighted by Crippen LogP contribution is -2.48. The summed E-state index contributed by atoms with van der Waals surface area (Å²) in [5, 5.41) is 3.15. The standard InChI is InChI=1S/C22H25N3O2/c26-21(24-19-9-1-2-10-19)20-11-5-13-25(20)22(27)17-7-3-6-16(14-17)18-8-4-12-23-15-18/h3-4,6-8,12,14-15,19-20H,1-2,5,9-11,13H2,(H,24,26). The molecule has 1 saturated carbocycles. The predicted molar refractivity (Wildman–Crippen MR) is 104 cm³/mol. The van der Waals surface area contributed by atoms with Gasteiger partial charge in [-0.3, -0.25) is 14.6 Å². The Bertz CT molecular complexity index is 815. The van der Waals surface area contributed by atoms with Crippen LogP contribution < -0.4 is 5.32 Å². The molecular weight excluding hydrogens is 338 g/mol. The van der Waals surface area contributed by atoms with Crippen LogP contribution in [-0.4, -0.2) is 40.3 Å². The van der Waals surface area contributed by atoms with Gasteiger partial charge in [-0.25, -0.2) is 0 Å². The fraction of sp³-hybridized carbons (Fsp3) is 0.409. The monoisotopic (exact) mass is 363 g/mol. The van der Waals surface area contributed by atoms with Crippen molar-refractivity contribution >= 4 is 11.8 Å². The van der Waals surface area contributed by atoms with Crippen LogP contribution in [0.25, 0.3) is 11.1 Å². The lowest BCUT2D eigenvalue weighted by Gasteiger charge is -2.25. The van der Waals surface area contributed by atoms with E-state index in [4.69, 9.17) is 0 Å². The summed E-state index contributed by atoms with van der Waals surface area (Å²) in [7, 11) is 0. The normalized spacial score (nSPS) is 20.0. The van der Waals surface area contributed by atoms with Gasteiger partial charge in [-0.1, -0.05) is 31.0 Å². The predicted octanol–water partition coefficient (Wildman–Crippen LogP) is 3.41. The van der Waals surface area contributed by atoms with E-state index in [9.17, 15) is 9.59 Å². The van der Waals surface area contributed by atoms with Gasteiger partial charge < -0.3 is 10.2 Å². The minimum Gasteiger partial charge on any atom is -0.352 e. The largest absolute Gasteiger partial charge is 0.352 e. The summed E-state index contributed by atoms with van der Waals surface area (Å²) in [5.41, 5.74) is 2.56. The molecule has 1 saturated heterocycles. The number of aromatic nitrogens is 1. The third kappa shape index (κ3) is 3.87. The number of carbonyl (C=O) groups excluding carboxylic acids is 2. The van der Waals surface area contributed by atoms with E-state index >= 15 is 0 Å². The van der Waals surface area contributed by atoms with Crippen molar-refractivity contribution in [1.29, 1.82) is 0 Å². The van der Waals surface area contributed by atoms with Crippen LogP contribution in [0.15, 0.2) is 48.8 Å². The van der Waals surface area contributed by atoms with Crippen LogP contribution in [0.3, 0.4) is 0 Å². The summed E-state index contributed by atoms with van der Waals surface area (Å²) in [5.74, 6) is -0.0547. The molecule has 2 aliphatic rings. The first-order valence-corrected chi connectivity index (χ1v) is 9.84. The van der Waals surface area contributed by atoms with Crippen molar-refractivity contribution < 1.29 is 9.59 Å². The van der Waals surface area contributed by atoms with Gasteiger partial charge in [0.1, 0.15) is 6.04 Å². The number of benzene rings is 1. The van der Waals surface area contributed by atoms with Gasteiger partial charge in [-0.15, -0.1) is 0 Å². The van der Waals surface area contributed by atoms with E-state index in [-0.39, 0.29) is 23.9 Å². The van der Waals surface area contributed by atoms with Gasteiger partial charge in [0.25, 0.3) is 5.91 Å². The zero-order valence-electron chi connectivity index (χ0n) is 15.4. The van der Waals surface area contributed by atoms with Gasteiger partial charge in [0.2, 0.25) is 5.91 Å². The molecule has 1 aromatic heterocycles. The summed E-state index contributed by atoms with van der Waals surface area (Å²) in [6.45, 7) is 0.638. The number of rotatable bonds is 4. The molecule has 2 heterocycles. The van der Waals surface area contributed by atoms with Gasteiger partial charge >= 0.3 is 0 Å². The second-order valence-electron chi connectivity index (χ2n) is 7.47. The Morgan fingerprint density at radius 1 is 1.00 bits per heavy atom. The van der Waals surface area contributed by atoms with Crippen LogP contribution in [0.1, 0.15) is 48.9 Å². The molecule has 1 N–H and O–H groups in total. The average Bonchev–Trinajstić information content (AvgIpc) is 3.40. The van der Waals surface area contributed by atoms with Crippen LogP contribution in [0.5, 0.6) is 0 Å². The highest BCUT2D eigenvalue weighted by Gasteiger charge is 2.35. The Labute approximate surface area is 159 Å². The summed E-state index contributed by atoms with van der Waals surface area (Å²) in [6.07, 6.45) is 9.61. The minimum atomic E-state index is -0.347. The molecule has 2 amide bonds. The maximum Gasteiger partial charge on any atom is 0.254 e. The van der Waals surface area contributed by atoms with E-state index in [0.717, 1.165) is 36.8 Å². The maximum absolute atomic E-state index is 13.1. The molecule has 0 spiro atoms. The molecule has 1 aliphatic heterocycles. The van der Waals surface area contributed by atoms with Crippen LogP contribution in [0.4, 0.5) is 0 Å². The van der Waals surface area contributed by atoms with Gasteiger partial charge in [0.05, 0.1) is 0 Å². The van der Waals surface area contributed by atoms with Gasteiger partial charge in [0, 0.05) is 36.1 Å². The first-order chi connectivity index (χ1) is 13.2. The molecule has 1 atom stereocenters. The van der Waals surface area contributed by atoms with Crippen molar-refractivity contribution in [2.75, 3.05) is 6.54 Å². The van der Waals surface area contributed by atoms with Crippen molar-refractivity contribution in [3.63, 3.8) is 0 Å². The molecule has 140 valence electrons. The number of amides is 2. The highest BCUT2D eigenvalue weighted by atomic mass is 16.2. The Hall–Kier alpha value is -2.69. The zero-order chi connectivity index (χ0) is 18.6. The first-order valence-electron chi connectivity index (χ1n) is 9.84. The number of carbonyl (C=O) groups is 2. The van der Waals surface area contributed by atoms with Gasteiger partial charge in [-0.2, -0.15) is 0 Å². The van der Waals surface area contributed by atoms with E-state index < -0.39 is 0 Å². The highest BCUT2D eigenvalue weighted by Crippen LogP contribution is 2.25. The first kappa shape index (κ1) is 17.7. The maximum atomic E-state index is 13.1. The molecule has 0 radical (unpaired) electrons. The second kappa shape index (κ2) is 7.91. The summed E-state index contributed by atoms with van der Waals surface area (Å²) < 4.78 is 0. The number of hydrogen-bond acceptors (Lipinski definition) is 3. The van der Waals surface area contributed by atoms with Crippen LogP contribution in [0.2, 0.25) is 0 Å². The molecule has 1 aliphatic carbocycles. The fourth-order valence-corrected chi connectivity index (χ4v) is 4.18. The van der Waals surface area contributed by atoms with Gasteiger partial charge in [-0.05, 0) is 49.4 Å². The van der Waals surface area contributed by atoms with E-state index in [0.29, 0.717) is 12.1 Å². The lowest BCUT2D eigenvalue weighted by molar-refractivity contribution is -0.125. The van der Waals surface area contributed by atoms with E-state index in [2.05, 4.69) is 10.3 Å². The minimum absolute atomic E-state index is 0.0103. The smallest absolute Gasteiger partial charge is 0.254 e. The fourth-order valence-electron chi connectivity index (χ4n) is 4.18. The number of pyridine rings is 1. The van der Waals surface area contributed by atoms with E-state index in [1.807, 2.05) is 36.4 Å². The summed E-state index contributed by atoms with van der Waals surface area (Å²) >= 11 is 0. The topological polar surface area (TPSA) is 62.3 Å². The molecular formula is C22H25N3O2. The summed E-state index contributed by atoms with van der Waals surface area (Å²) in [6, 6.07) is 11.4. The number of hydrogen-bond donors (Lipinski definition) is 1. The molecule has 1 unspecified atom stereocenters. The number of nitrogens with one attached hydrogen (secondary N) is 1. The van der Waals surface area contributed by atoms with Crippen molar-refractivity contribution in [2.45, 2.75) is 50.6 Å².